The lowest BCUT2D eigenvalue weighted by molar-refractivity contribution is -0.122. The molecule has 0 radical (unpaired) electrons. The van der Waals surface area contributed by atoms with Crippen LogP contribution in [0.25, 0.3) is 6.08 Å². The fourth-order valence-corrected chi connectivity index (χ4v) is 5.12. The van der Waals surface area contributed by atoms with Crippen LogP contribution in [-0.4, -0.2) is 46.4 Å². The summed E-state index contributed by atoms with van der Waals surface area (Å²) in [6.45, 7) is 1.04. The van der Waals surface area contributed by atoms with Gasteiger partial charge in [0.1, 0.15) is 5.69 Å². The van der Waals surface area contributed by atoms with Crippen molar-refractivity contribution in [3.63, 3.8) is 0 Å². The monoisotopic (exact) mass is 481 g/mol. The van der Waals surface area contributed by atoms with Crippen molar-refractivity contribution in [2.24, 2.45) is 0 Å². The number of nitrogens with zero attached hydrogens (tertiary/aromatic N) is 2. The molecule has 3 aromatic rings. The molecule has 8 nitrogen and oxygen atoms in total. The molecule has 0 bridgehead atoms. The predicted molar refractivity (Wildman–Crippen MR) is 125 cm³/mol. The van der Waals surface area contributed by atoms with Gasteiger partial charge in [0, 0.05) is 24.2 Å². The molecule has 1 fully saturated rings. The third-order valence-corrected chi connectivity index (χ3v) is 6.93. The van der Waals surface area contributed by atoms with Crippen LogP contribution in [0.4, 0.5) is 4.79 Å². The summed E-state index contributed by atoms with van der Waals surface area (Å²) in [7, 11) is 0. The third-order valence-electron chi connectivity index (χ3n) is 5.16. The number of hydrogen-bond donors (Lipinski definition) is 1. The Balaban J connectivity index is 1.19. The lowest BCUT2D eigenvalue weighted by atomic mass is 10.2. The summed E-state index contributed by atoms with van der Waals surface area (Å²) >= 11 is 2.51. The third kappa shape index (κ3) is 4.53. The number of rotatable bonds is 7. The number of fused-ring (bicyclic) bond motifs is 1. The molecule has 4 heterocycles. The number of nitrogens with one attached hydrogen (secondary N) is 1. The first kappa shape index (κ1) is 21.4. The highest BCUT2D eigenvalue weighted by Gasteiger charge is 2.34. The summed E-state index contributed by atoms with van der Waals surface area (Å²) in [6.07, 6.45) is 3.51. The van der Waals surface area contributed by atoms with Crippen molar-refractivity contribution in [2.45, 2.75) is 6.54 Å². The smallest absolute Gasteiger partial charge is 0.293 e. The first-order valence-electron chi connectivity index (χ1n) is 10.2. The standard InChI is InChI=1S/C23H19N3O5S2/c27-21(17-4-1-8-25(17)13-16-3-2-10-32-16)24-7-9-26-22(28)20(33-23(26)29)12-15-5-6-18-19(11-15)31-14-30-18/h1-6,8,10-12H,7,9,13-14H2,(H,24,27)/b20-12+. The van der Waals surface area contributed by atoms with Gasteiger partial charge in [-0.15, -0.1) is 11.3 Å². The number of thiophene rings is 1. The zero-order valence-electron chi connectivity index (χ0n) is 17.4. The number of amides is 3. The minimum atomic E-state index is -0.377. The SMILES string of the molecule is O=C(NCCN1C(=O)S/C(=C/c2ccc3c(c2)OCO3)C1=O)c1cccn1Cc1cccs1. The van der Waals surface area contributed by atoms with Gasteiger partial charge in [0.25, 0.3) is 17.1 Å². The van der Waals surface area contributed by atoms with E-state index >= 15 is 0 Å². The Hall–Kier alpha value is -3.50. The van der Waals surface area contributed by atoms with Crippen LogP contribution >= 0.6 is 23.1 Å². The van der Waals surface area contributed by atoms with Crippen molar-refractivity contribution in [2.75, 3.05) is 19.9 Å². The lowest BCUT2D eigenvalue weighted by Gasteiger charge is -2.13. The zero-order chi connectivity index (χ0) is 22.8. The molecule has 2 aliphatic heterocycles. The number of carbonyl (C=O) groups excluding carboxylic acids is 3. The van der Waals surface area contributed by atoms with Crippen molar-refractivity contribution >= 4 is 46.2 Å². The Morgan fingerprint density at radius 1 is 1.12 bits per heavy atom. The Morgan fingerprint density at radius 3 is 2.85 bits per heavy atom. The highest BCUT2D eigenvalue weighted by Crippen LogP contribution is 2.36. The van der Waals surface area contributed by atoms with Crippen LogP contribution in [-0.2, 0) is 11.3 Å². The molecule has 10 heteroatoms. The van der Waals surface area contributed by atoms with E-state index in [0.29, 0.717) is 28.6 Å². The molecular weight excluding hydrogens is 462 g/mol. The number of ether oxygens (including phenoxy) is 2. The van der Waals surface area contributed by atoms with Gasteiger partial charge in [0.05, 0.1) is 11.4 Å². The average Bonchev–Trinajstić information content (AvgIpc) is 3.59. The summed E-state index contributed by atoms with van der Waals surface area (Å²) in [5.41, 5.74) is 1.27. The van der Waals surface area contributed by atoms with E-state index in [1.807, 2.05) is 34.3 Å². The first-order valence-corrected chi connectivity index (χ1v) is 11.9. The molecule has 168 valence electrons. The van der Waals surface area contributed by atoms with Crippen LogP contribution in [0.3, 0.4) is 0 Å². The van der Waals surface area contributed by atoms with Crippen LogP contribution < -0.4 is 14.8 Å². The van der Waals surface area contributed by atoms with Crippen LogP contribution in [0.1, 0.15) is 20.9 Å². The van der Waals surface area contributed by atoms with E-state index in [2.05, 4.69) is 5.32 Å². The number of aromatic nitrogens is 1. The quantitative estimate of drug-likeness (QED) is 0.517. The summed E-state index contributed by atoms with van der Waals surface area (Å²) in [6, 6.07) is 12.9. The van der Waals surface area contributed by atoms with Gasteiger partial charge in [-0.3, -0.25) is 19.3 Å². The second kappa shape index (κ2) is 9.16. The van der Waals surface area contributed by atoms with Crippen molar-refractivity contribution < 1.29 is 23.9 Å². The predicted octanol–water partition coefficient (Wildman–Crippen LogP) is 3.79. The molecule has 33 heavy (non-hydrogen) atoms. The molecular formula is C23H19N3O5S2. The molecule has 0 spiro atoms. The molecule has 3 amide bonds. The molecule has 1 saturated heterocycles. The molecule has 1 aromatic carbocycles. The molecule has 0 aliphatic carbocycles. The Kier molecular flexibility index (Phi) is 5.93. The number of hydrogen-bond acceptors (Lipinski definition) is 7. The Labute approximate surface area is 197 Å². The molecule has 2 aliphatic rings. The van der Waals surface area contributed by atoms with Gasteiger partial charge < -0.3 is 19.4 Å². The van der Waals surface area contributed by atoms with Crippen molar-refractivity contribution in [1.82, 2.24) is 14.8 Å². The maximum Gasteiger partial charge on any atom is 0.293 e. The van der Waals surface area contributed by atoms with Gasteiger partial charge in [-0.2, -0.15) is 0 Å². The summed E-state index contributed by atoms with van der Waals surface area (Å²) in [4.78, 5) is 40.4. The maximum absolute atomic E-state index is 12.7. The second-order valence-corrected chi connectivity index (χ2v) is 9.33. The topological polar surface area (TPSA) is 89.9 Å². The van der Waals surface area contributed by atoms with Gasteiger partial charge in [-0.25, -0.2) is 0 Å². The van der Waals surface area contributed by atoms with Crippen LogP contribution in [0.15, 0.2) is 58.9 Å². The highest BCUT2D eigenvalue weighted by molar-refractivity contribution is 8.18. The van der Waals surface area contributed by atoms with E-state index in [0.717, 1.165) is 27.1 Å². The van der Waals surface area contributed by atoms with Gasteiger partial charge in [-0.05, 0) is 59.1 Å². The number of carbonyl (C=O) groups is 3. The minimum absolute atomic E-state index is 0.0977. The molecule has 0 atom stereocenters. The molecule has 0 unspecified atom stereocenters. The second-order valence-electron chi connectivity index (χ2n) is 7.30. The van der Waals surface area contributed by atoms with Crippen molar-refractivity contribution in [3.8, 4) is 11.5 Å². The fraction of sp³-hybridized carbons (Fsp3) is 0.174. The average molecular weight is 482 g/mol. The first-order chi connectivity index (χ1) is 16.1. The Bertz CT molecular complexity index is 1250. The van der Waals surface area contributed by atoms with E-state index in [9.17, 15) is 14.4 Å². The van der Waals surface area contributed by atoms with Crippen LogP contribution in [0.5, 0.6) is 11.5 Å². The number of imide groups is 1. The van der Waals surface area contributed by atoms with Gasteiger partial charge >= 0.3 is 0 Å². The largest absolute Gasteiger partial charge is 0.454 e. The van der Waals surface area contributed by atoms with E-state index in [-0.39, 0.29) is 36.9 Å². The van der Waals surface area contributed by atoms with Gasteiger partial charge in [0.2, 0.25) is 6.79 Å². The summed E-state index contributed by atoms with van der Waals surface area (Å²) in [5.74, 6) is 0.629. The van der Waals surface area contributed by atoms with Crippen molar-refractivity contribution in [1.29, 1.82) is 0 Å². The van der Waals surface area contributed by atoms with E-state index in [1.165, 1.54) is 0 Å². The normalized spacial score (nSPS) is 16.1. The zero-order valence-corrected chi connectivity index (χ0v) is 19.0. The van der Waals surface area contributed by atoms with Crippen molar-refractivity contribution in [3.05, 3.63) is 75.1 Å². The molecule has 0 saturated carbocycles. The van der Waals surface area contributed by atoms with Crippen LogP contribution in [0, 0.1) is 0 Å². The minimum Gasteiger partial charge on any atom is -0.454 e. The molecule has 1 N–H and O–H groups in total. The van der Waals surface area contributed by atoms with Gasteiger partial charge in [-0.1, -0.05) is 12.1 Å². The van der Waals surface area contributed by atoms with Crippen LogP contribution in [0.2, 0.25) is 0 Å². The fourth-order valence-electron chi connectivity index (χ4n) is 3.55. The maximum atomic E-state index is 12.7. The summed E-state index contributed by atoms with van der Waals surface area (Å²) in [5, 5.41) is 4.44. The van der Waals surface area contributed by atoms with E-state index in [4.69, 9.17) is 9.47 Å². The Morgan fingerprint density at radius 2 is 2.00 bits per heavy atom. The van der Waals surface area contributed by atoms with E-state index in [1.54, 1.807) is 41.7 Å². The molecule has 5 rings (SSSR count). The number of benzene rings is 1. The number of thioether (sulfide) groups is 1. The van der Waals surface area contributed by atoms with Gasteiger partial charge in [0.15, 0.2) is 11.5 Å². The molecule has 2 aromatic heterocycles. The summed E-state index contributed by atoms with van der Waals surface area (Å²) < 4.78 is 12.5. The highest BCUT2D eigenvalue weighted by atomic mass is 32.2. The lowest BCUT2D eigenvalue weighted by Crippen LogP contribution is -2.37. The van der Waals surface area contributed by atoms with E-state index < -0.39 is 0 Å².